The summed E-state index contributed by atoms with van der Waals surface area (Å²) >= 11 is 0. The van der Waals surface area contributed by atoms with Crippen molar-refractivity contribution in [1.29, 1.82) is 0 Å². The van der Waals surface area contributed by atoms with Gasteiger partial charge in [0, 0.05) is 36.1 Å². The van der Waals surface area contributed by atoms with Crippen LogP contribution in [0.3, 0.4) is 0 Å². The average Bonchev–Trinajstić information content (AvgIpc) is 2.76. The largest absolute Gasteiger partial charge is 0.326 e. The highest BCUT2D eigenvalue weighted by atomic mass is 16.2. The van der Waals surface area contributed by atoms with Crippen LogP contribution in [-0.2, 0) is 29.6 Å². The fourth-order valence-corrected chi connectivity index (χ4v) is 3.34. The Labute approximate surface area is 153 Å². The van der Waals surface area contributed by atoms with Crippen molar-refractivity contribution in [3.05, 3.63) is 53.4 Å². The zero-order valence-electron chi connectivity index (χ0n) is 15.5. The molecule has 1 aliphatic heterocycles. The molecule has 0 bridgehead atoms. The molecule has 1 aliphatic rings. The predicted octanol–water partition coefficient (Wildman–Crippen LogP) is 3.03. The number of anilines is 2. The minimum Gasteiger partial charge on any atom is -0.326 e. The first-order valence-electron chi connectivity index (χ1n) is 8.76. The van der Waals surface area contributed by atoms with Gasteiger partial charge in [-0.1, -0.05) is 6.58 Å². The van der Waals surface area contributed by atoms with E-state index in [2.05, 4.69) is 17.0 Å². The number of hydrogen-bond acceptors (Lipinski definition) is 3. The Bertz CT molecular complexity index is 882. The van der Waals surface area contributed by atoms with Crippen molar-refractivity contribution >= 4 is 23.2 Å². The molecule has 26 heavy (non-hydrogen) atoms. The Morgan fingerprint density at radius 2 is 2.15 bits per heavy atom. The van der Waals surface area contributed by atoms with Crippen molar-refractivity contribution in [2.75, 3.05) is 10.2 Å². The number of aromatic nitrogens is 2. The number of nitrogens with zero attached hydrogens (tertiary/aromatic N) is 3. The van der Waals surface area contributed by atoms with Gasteiger partial charge in [-0.3, -0.25) is 14.3 Å². The number of benzene rings is 1. The molecule has 2 aromatic rings. The molecule has 1 aromatic carbocycles. The van der Waals surface area contributed by atoms with E-state index in [0.717, 1.165) is 46.7 Å². The molecule has 0 fully saturated rings. The highest BCUT2D eigenvalue weighted by Crippen LogP contribution is 2.29. The molecule has 6 heteroatoms. The third kappa shape index (κ3) is 3.40. The van der Waals surface area contributed by atoms with E-state index in [1.54, 1.807) is 4.90 Å². The molecule has 2 heterocycles. The van der Waals surface area contributed by atoms with Gasteiger partial charge in [0.25, 0.3) is 5.91 Å². The first kappa shape index (κ1) is 17.9. The van der Waals surface area contributed by atoms with Gasteiger partial charge in [-0.2, -0.15) is 5.10 Å². The molecule has 136 valence electrons. The van der Waals surface area contributed by atoms with Gasteiger partial charge in [0.1, 0.15) is 0 Å². The molecular weight excluding hydrogens is 328 g/mol. The SMILES string of the molecule is C=CC(=O)N(Cc1c(C)nn(C)c1C)c1ccc2c(c1)CCCC(=O)N2. The van der Waals surface area contributed by atoms with Gasteiger partial charge in [0.15, 0.2) is 0 Å². The van der Waals surface area contributed by atoms with Crippen LogP contribution >= 0.6 is 0 Å². The highest BCUT2D eigenvalue weighted by Gasteiger charge is 2.20. The summed E-state index contributed by atoms with van der Waals surface area (Å²) in [5.41, 5.74) is 5.66. The zero-order chi connectivity index (χ0) is 18.8. The van der Waals surface area contributed by atoms with Gasteiger partial charge >= 0.3 is 0 Å². The fourth-order valence-electron chi connectivity index (χ4n) is 3.34. The minimum absolute atomic E-state index is 0.0390. The zero-order valence-corrected chi connectivity index (χ0v) is 15.5. The van der Waals surface area contributed by atoms with Gasteiger partial charge in [0.05, 0.1) is 12.2 Å². The molecule has 6 nitrogen and oxygen atoms in total. The van der Waals surface area contributed by atoms with Crippen LogP contribution in [0.1, 0.15) is 35.4 Å². The van der Waals surface area contributed by atoms with Crippen LogP contribution in [0.25, 0.3) is 0 Å². The van der Waals surface area contributed by atoms with Gasteiger partial charge in [-0.05, 0) is 56.5 Å². The second kappa shape index (κ2) is 7.15. The van der Waals surface area contributed by atoms with Crippen LogP contribution in [0.5, 0.6) is 0 Å². The Hall–Kier alpha value is -2.89. The molecule has 0 saturated carbocycles. The van der Waals surface area contributed by atoms with Crippen molar-refractivity contribution in [3.63, 3.8) is 0 Å². The second-order valence-corrected chi connectivity index (χ2v) is 6.64. The maximum Gasteiger partial charge on any atom is 0.250 e. The minimum atomic E-state index is -0.162. The van der Waals surface area contributed by atoms with E-state index in [-0.39, 0.29) is 11.8 Å². The summed E-state index contributed by atoms with van der Waals surface area (Å²) in [5.74, 6) is -0.123. The number of aryl methyl sites for hydroxylation is 3. The first-order chi connectivity index (χ1) is 12.4. The Morgan fingerprint density at radius 1 is 1.38 bits per heavy atom. The maximum absolute atomic E-state index is 12.5. The topological polar surface area (TPSA) is 67.2 Å². The van der Waals surface area contributed by atoms with E-state index in [9.17, 15) is 9.59 Å². The molecule has 0 spiro atoms. The molecule has 0 saturated heterocycles. The summed E-state index contributed by atoms with van der Waals surface area (Å²) < 4.78 is 1.83. The van der Waals surface area contributed by atoms with Crippen molar-refractivity contribution in [2.45, 2.75) is 39.7 Å². The number of fused-ring (bicyclic) bond motifs is 1. The number of amides is 2. The second-order valence-electron chi connectivity index (χ2n) is 6.64. The summed E-state index contributed by atoms with van der Waals surface area (Å²) in [6.45, 7) is 8.02. The van der Waals surface area contributed by atoms with Gasteiger partial charge < -0.3 is 10.2 Å². The number of hydrogen-bond donors (Lipinski definition) is 1. The summed E-state index contributed by atoms with van der Waals surface area (Å²) in [5, 5.41) is 7.37. The van der Waals surface area contributed by atoms with E-state index in [1.165, 1.54) is 6.08 Å². The van der Waals surface area contributed by atoms with Crippen LogP contribution in [0.4, 0.5) is 11.4 Å². The van der Waals surface area contributed by atoms with Crippen LogP contribution < -0.4 is 10.2 Å². The predicted molar refractivity (Wildman–Crippen MR) is 102 cm³/mol. The normalized spacial score (nSPS) is 13.6. The van der Waals surface area contributed by atoms with E-state index in [1.807, 2.05) is 43.8 Å². The van der Waals surface area contributed by atoms with E-state index < -0.39 is 0 Å². The summed E-state index contributed by atoms with van der Waals surface area (Å²) in [4.78, 5) is 26.0. The third-order valence-corrected chi connectivity index (χ3v) is 4.94. The third-order valence-electron chi connectivity index (χ3n) is 4.94. The fraction of sp³-hybridized carbons (Fsp3) is 0.350. The monoisotopic (exact) mass is 352 g/mol. The highest BCUT2D eigenvalue weighted by molar-refractivity contribution is 6.01. The summed E-state index contributed by atoms with van der Waals surface area (Å²) in [6, 6.07) is 5.73. The van der Waals surface area contributed by atoms with Crippen molar-refractivity contribution < 1.29 is 9.59 Å². The lowest BCUT2D eigenvalue weighted by Gasteiger charge is -2.23. The van der Waals surface area contributed by atoms with Crippen LogP contribution in [0.2, 0.25) is 0 Å². The molecule has 0 radical (unpaired) electrons. The Balaban J connectivity index is 1.98. The maximum atomic E-state index is 12.5. The molecule has 0 aliphatic carbocycles. The lowest BCUT2D eigenvalue weighted by molar-refractivity contribution is -0.116. The summed E-state index contributed by atoms with van der Waals surface area (Å²) in [7, 11) is 1.90. The molecule has 3 rings (SSSR count). The van der Waals surface area contributed by atoms with Crippen LogP contribution in [-0.4, -0.2) is 21.6 Å². The number of rotatable bonds is 4. The Kier molecular flexibility index (Phi) is 4.93. The van der Waals surface area contributed by atoms with Crippen molar-refractivity contribution in [1.82, 2.24) is 9.78 Å². The quantitative estimate of drug-likeness (QED) is 0.860. The van der Waals surface area contributed by atoms with Crippen LogP contribution in [0.15, 0.2) is 30.9 Å². The lowest BCUT2D eigenvalue weighted by atomic mass is 10.1. The first-order valence-corrected chi connectivity index (χ1v) is 8.76. The smallest absolute Gasteiger partial charge is 0.250 e. The van der Waals surface area contributed by atoms with E-state index in [4.69, 9.17) is 0 Å². The average molecular weight is 352 g/mol. The van der Waals surface area contributed by atoms with Crippen molar-refractivity contribution in [3.8, 4) is 0 Å². The molecule has 2 amide bonds. The molecule has 0 atom stereocenters. The molecule has 1 aromatic heterocycles. The molecular formula is C20H24N4O2. The number of nitrogens with one attached hydrogen (secondary N) is 1. The molecule has 0 unspecified atom stereocenters. The Morgan fingerprint density at radius 3 is 2.81 bits per heavy atom. The van der Waals surface area contributed by atoms with E-state index >= 15 is 0 Å². The standard InChI is InChI=1S/C20H24N4O2/c1-5-20(26)24(12-17-13(2)22-23(4)14(17)3)16-9-10-18-15(11-16)7-6-8-19(25)21-18/h5,9-11H,1,6-8,12H2,2-4H3,(H,21,25). The van der Waals surface area contributed by atoms with E-state index in [0.29, 0.717) is 13.0 Å². The van der Waals surface area contributed by atoms with Gasteiger partial charge in [-0.25, -0.2) is 0 Å². The van der Waals surface area contributed by atoms with Gasteiger partial charge in [0.2, 0.25) is 5.91 Å². The molecule has 1 N–H and O–H groups in total. The lowest BCUT2D eigenvalue weighted by Crippen LogP contribution is -2.29. The number of carbonyl (C=O) groups excluding carboxylic acids is 2. The van der Waals surface area contributed by atoms with Crippen LogP contribution in [0, 0.1) is 13.8 Å². The van der Waals surface area contributed by atoms with Gasteiger partial charge in [-0.15, -0.1) is 0 Å². The van der Waals surface area contributed by atoms with Crippen molar-refractivity contribution in [2.24, 2.45) is 7.05 Å². The number of carbonyl (C=O) groups is 2. The summed E-state index contributed by atoms with van der Waals surface area (Å²) in [6.07, 6.45) is 3.46.